The molecule has 3 nitrogen and oxygen atoms in total. The van der Waals surface area contributed by atoms with Gasteiger partial charge in [0.2, 0.25) is 5.91 Å². The number of para-hydroxylation sites is 1. The number of amides is 1. The summed E-state index contributed by atoms with van der Waals surface area (Å²) in [6, 6.07) is 10.1. The molecule has 0 spiro atoms. The van der Waals surface area contributed by atoms with E-state index in [4.69, 9.17) is 5.73 Å². The lowest BCUT2D eigenvalue weighted by Crippen LogP contribution is -2.13. The van der Waals surface area contributed by atoms with Crippen LogP contribution < -0.4 is 5.73 Å². The van der Waals surface area contributed by atoms with Crippen molar-refractivity contribution in [3.63, 3.8) is 0 Å². The van der Waals surface area contributed by atoms with Crippen molar-refractivity contribution in [3.05, 3.63) is 35.9 Å². The van der Waals surface area contributed by atoms with Gasteiger partial charge in [-0.05, 0) is 24.1 Å². The molecule has 1 amide bonds. The third-order valence-corrected chi connectivity index (χ3v) is 3.55. The van der Waals surface area contributed by atoms with Crippen LogP contribution in [-0.4, -0.2) is 16.6 Å². The highest BCUT2D eigenvalue weighted by molar-refractivity contribution is 7.99. The number of pyridine rings is 1. The molecule has 0 fully saturated rings. The van der Waals surface area contributed by atoms with Crippen LogP contribution in [-0.2, 0) is 11.2 Å². The van der Waals surface area contributed by atoms with Gasteiger partial charge in [0.25, 0.3) is 0 Å². The lowest BCUT2D eigenvalue weighted by atomic mass is 10.1. The molecule has 4 heteroatoms. The van der Waals surface area contributed by atoms with E-state index in [1.54, 1.807) is 0 Å². The Hall–Kier alpha value is -1.55. The van der Waals surface area contributed by atoms with Crippen molar-refractivity contribution in [1.29, 1.82) is 0 Å². The zero-order chi connectivity index (χ0) is 12.3. The Morgan fingerprint density at radius 1 is 1.41 bits per heavy atom. The number of carbonyl (C=O) groups is 1. The fraction of sp³-hybridized carbons (Fsp3) is 0.231. The molecule has 0 saturated carbocycles. The molecular formula is C13H14N2OS. The summed E-state index contributed by atoms with van der Waals surface area (Å²) >= 11 is 1.41. The van der Waals surface area contributed by atoms with E-state index in [1.165, 1.54) is 11.8 Å². The number of hydrogen-bond acceptors (Lipinski definition) is 3. The summed E-state index contributed by atoms with van der Waals surface area (Å²) in [6.07, 6.45) is 0.902. The van der Waals surface area contributed by atoms with Gasteiger partial charge in [-0.1, -0.05) is 36.9 Å². The Bertz CT molecular complexity index is 554. The Morgan fingerprint density at radius 3 is 2.88 bits per heavy atom. The first-order valence-electron chi connectivity index (χ1n) is 5.50. The first kappa shape index (κ1) is 11.9. The number of nitrogens with two attached hydrogens (primary N) is 1. The molecule has 0 unspecified atom stereocenters. The zero-order valence-corrected chi connectivity index (χ0v) is 10.5. The molecule has 1 aromatic heterocycles. The van der Waals surface area contributed by atoms with Crippen LogP contribution in [0.25, 0.3) is 10.9 Å². The van der Waals surface area contributed by atoms with E-state index >= 15 is 0 Å². The summed E-state index contributed by atoms with van der Waals surface area (Å²) in [4.78, 5) is 15.4. The third kappa shape index (κ3) is 2.77. The first-order valence-corrected chi connectivity index (χ1v) is 6.49. The van der Waals surface area contributed by atoms with Crippen molar-refractivity contribution in [2.24, 2.45) is 5.73 Å². The van der Waals surface area contributed by atoms with Crippen molar-refractivity contribution >= 4 is 28.6 Å². The van der Waals surface area contributed by atoms with E-state index in [1.807, 2.05) is 24.3 Å². The number of rotatable bonds is 4. The van der Waals surface area contributed by atoms with E-state index in [0.29, 0.717) is 0 Å². The highest BCUT2D eigenvalue weighted by atomic mass is 32.2. The van der Waals surface area contributed by atoms with Gasteiger partial charge in [-0.25, -0.2) is 4.98 Å². The van der Waals surface area contributed by atoms with Crippen molar-refractivity contribution in [2.75, 3.05) is 5.75 Å². The molecule has 0 bridgehead atoms. The largest absolute Gasteiger partial charge is 0.369 e. The Labute approximate surface area is 104 Å². The summed E-state index contributed by atoms with van der Waals surface area (Å²) in [7, 11) is 0. The molecule has 0 radical (unpaired) electrons. The second kappa shape index (κ2) is 5.19. The van der Waals surface area contributed by atoms with Crippen LogP contribution in [0.2, 0.25) is 0 Å². The molecule has 1 heterocycles. The zero-order valence-electron chi connectivity index (χ0n) is 9.64. The van der Waals surface area contributed by atoms with Crippen LogP contribution in [0, 0.1) is 0 Å². The van der Waals surface area contributed by atoms with Crippen molar-refractivity contribution in [2.45, 2.75) is 18.4 Å². The van der Waals surface area contributed by atoms with Gasteiger partial charge in [-0.2, -0.15) is 0 Å². The predicted molar refractivity (Wildman–Crippen MR) is 71.0 cm³/mol. The van der Waals surface area contributed by atoms with Crippen LogP contribution in [0.1, 0.15) is 12.5 Å². The van der Waals surface area contributed by atoms with Gasteiger partial charge in [-0.15, -0.1) is 0 Å². The summed E-state index contributed by atoms with van der Waals surface area (Å²) in [5.74, 6) is -0.0368. The summed E-state index contributed by atoms with van der Waals surface area (Å²) in [6.45, 7) is 2.08. The van der Waals surface area contributed by atoms with E-state index in [0.717, 1.165) is 27.9 Å². The number of primary amides is 1. The Kier molecular flexibility index (Phi) is 3.64. The molecule has 88 valence electrons. The van der Waals surface area contributed by atoms with Gasteiger partial charge in [0.15, 0.2) is 0 Å². The predicted octanol–water partition coefficient (Wildman–Crippen LogP) is 2.37. The van der Waals surface area contributed by atoms with Gasteiger partial charge in [0.05, 0.1) is 11.3 Å². The molecule has 0 atom stereocenters. The number of nitrogens with zero attached hydrogens (tertiary/aromatic N) is 1. The molecule has 0 saturated heterocycles. The van der Waals surface area contributed by atoms with Crippen molar-refractivity contribution in [3.8, 4) is 0 Å². The third-order valence-electron chi connectivity index (χ3n) is 2.50. The molecule has 0 aliphatic rings. The van der Waals surface area contributed by atoms with Gasteiger partial charge in [-0.3, -0.25) is 4.79 Å². The van der Waals surface area contributed by atoms with Gasteiger partial charge in [0, 0.05) is 5.39 Å². The minimum absolute atomic E-state index is 0.276. The molecule has 2 aromatic rings. The van der Waals surface area contributed by atoms with Crippen LogP contribution in [0.15, 0.2) is 35.4 Å². The number of aromatic nitrogens is 1. The smallest absolute Gasteiger partial charge is 0.227 e. The number of carbonyl (C=O) groups excluding carboxylic acids is 1. The highest BCUT2D eigenvalue weighted by Crippen LogP contribution is 2.25. The molecule has 2 N–H and O–H groups in total. The lowest BCUT2D eigenvalue weighted by Gasteiger charge is -2.07. The van der Waals surface area contributed by atoms with Crippen molar-refractivity contribution in [1.82, 2.24) is 4.98 Å². The van der Waals surface area contributed by atoms with Crippen LogP contribution in [0.5, 0.6) is 0 Å². The fourth-order valence-corrected chi connectivity index (χ4v) is 2.49. The summed E-state index contributed by atoms with van der Waals surface area (Å²) < 4.78 is 0. The van der Waals surface area contributed by atoms with Gasteiger partial charge >= 0.3 is 0 Å². The maximum atomic E-state index is 10.8. The second-order valence-electron chi connectivity index (χ2n) is 3.75. The summed E-state index contributed by atoms with van der Waals surface area (Å²) in [5, 5.41) is 2.04. The van der Waals surface area contributed by atoms with Crippen LogP contribution in [0.4, 0.5) is 0 Å². The molecule has 0 aliphatic heterocycles. The van der Waals surface area contributed by atoms with Gasteiger partial charge in [0.1, 0.15) is 5.03 Å². The summed E-state index contributed by atoms with van der Waals surface area (Å²) in [5.41, 5.74) is 7.27. The Morgan fingerprint density at radius 2 is 2.18 bits per heavy atom. The number of benzene rings is 1. The maximum Gasteiger partial charge on any atom is 0.227 e. The second-order valence-corrected chi connectivity index (χ2v) is 4.72. The van der Waals surface area contributed by atoms with E-state index in [2.05, 4.69) is 18.0 Å². The average Bonchev–Trinajstić information content (AvgIpc) is 2.35. The van der Waals surface area contributed by atoms with Crippen molar-refractivity contribution < 1.29 is 4.79 Å². The molecule has 17 heavy (non-hydrogen) atoms. The maximum absolute atomic E-state index is 10.8. The molecular weight excluding hydrogens is 232 g/mol. The molecule has 0 aliphatic carbocycles. The lowest BCUT2D eigenvalue weighted by molar-refractivity contribution is -0.115. The number of thioether (sulfide) groups is 1. The standard InChI is InChI=1S/C13H14N2OS/c1-2-9-7-10-5-3-4-6-11(10)15-13(9)17-8-12(14)16/h3-7H,2,8H2,1H3,(H2,14,16). The Balaban J connectivity index is 2.41. The number of hydrogen-bond donors (Lipinski definition) is 1. The molecule has 1 aromatic carbocycles. The number of fused-ring (bicyclic) bond motifs is 1. The highest BCUT2D eigenvalue weighted by Gasteiger charge is 2.07. The minimum Gasteiger partial charge on any atom is -0.369 e. The van der Waals surface area contributed by atoms with Crippen LogP contribution >= 0.6 is 11.8 Å². The van der Waals surface area contributed by atoms with E-state index in [-0.39, 0.29) is 11.7 Å². The number of aryl methyl sites for hydroxylation is 1. The van der Waals surface area contributed by atoms with Crippen LogP contribution in [0.3, 0.4) is 0 Å². The SMILES string of the molecule is CCc1cc2ccccc2nc1SCC(N)=O. The molecule has 2 rings (SSSR count). The average molecular weight is 246 g/mol. The first-order chi connectivity index (χ1) is 8.20. The quantitative estimate of drug-likeness (QED) is 0.843. The minimum atomic E-state index is -0.313. The fourth-order valence-electron chi connectivity index (χ4n) is 1.66. The van der Waals surface area contributed by atoms with E-state index in [9.17, 15) is 4.79 Å². The van der Waals surface area contributed by atoms with Gasteiger partial charge < -0.3 is 5.73 Å². The monoisotopic (exact) mass is 246 g/mol. The normalized spacial score (nSPS) is 10.6. The topological polar surface area (TPSA) is 56.0 Å². The van der Waals surface area contributed by atoms with E-state index < -0.39 is 0 Å².